The van der Waals surface area contributed by atoms with Gasteiger partial charge in [-0.2, -0.15) is 0 Å². The lowest BCUT2D eigenvalue weighted by Gasteiger charge is -2.19. The molecule has 0 radical (unpaired) electrons. The first kappa shape index (κ1) is 18.7. The molecule has 5 heteroatoms. The number of terminal acetylenes is 1. The van der Waals surface area contributed by atoms with Gasteiger partial charge in [-0.3, -0.25) is 4.79 Å². The Bertz CT molecular complexity index is 632. The zero-order chi connectivity index (χ0) is 17.6. The summed E-state index contributed by atoms with van der Waals surface area (Å²) in [6.45, 7) is 7.11. The minimum Gasteiger partial charge on any atom is -0.481 e. The highest BCUT2D eigenvalue weighted by molar-refractivity contribution is 5.72. The SMILES string of the molecule is C#Cc1cc(COCC(=O)OC(C)(C)C)cc(CC(=O)O)c1C. The van der Waals surface area contributed by atoms with Gasteiger partial charge in [0.05, 0.1) is 13.0 Å². The summed E-state index contributed by atoms with van der Waals surface area (Å²) in [6.07, 6.45) is 5.34. The molecule has 0 amide bonds. The van der Waals surface area contributed by atoms with E-state index in [-0.39, 0.29) is 19.6 Å². The van der Waals surface area contributed by atoms with Crippen molar-refractivity contribution in [3.8, 4) is 12.3 Å². The Hall–Kier alpha value is -2.32. The lowest BCUT2D eigenvalue weighted by molar-refractivity contribution is -0.160. The first-order valence-corrected chi connectivity index (χ1v) is 7.23. The Morgan fingerprint density at radius 1 is 1.30 bits per heavy atom. The molecule has 0 saturated carbocycles. The summed E-state index contributed by atoms with van der Waals surface area (Å²) in [7, 11) is 0. The quantitative estimate of drug-likeness (QED) is 0.644. The van der Waals surface area contributed by atoms with Crippen molar-refractivity contribution in [2.45, 2.75) is 46.3 Å². The number of hydrogen-bond donors (Lipinski definition) is 1. The molecular formula is C18H22O5. The van der Waals surface area contributed by atoms with Crippen LogP contribution in [0.15, 0.2) is 12.1 Å². The number of carbonyl (C=O) groups excluding carboxylic acids is 1. The summed E-state index contributed by atoms with van der Waals surface area (Å²) in [5.41, 5.74) is 2.20. The van der Waals surface area contributed by atoms with Gasteiger partial charge in [-0.25, -0.2) is 4.79 Å². The van der Waals surface area contributed by atoms with Crippen LogP contribution in [0, 0.1) is 19.3 Å². The fraction of sp³-hybridized carbons (Fsp3) is 0.444. The van der Waals surface area contributed by atoms with Crippen molar-refractivity contribution < 1.29 is 24.2 Å². The highest BCUT2D eigenvalue weighted by Crippen LogP contribution is 2.18. The Morgan fingerprint density at radius 3 is 2.48 bits per heavy atom. The van der Waals surface area contributed by atoms with E-state index in [1.807, 2.05) is 0 Å². The fourth-order valence-corrected chi connectivity index (χ4v) is 2.04. The van der Waals surface area contributed by atoms with Crippen molar-refractivity contribution in [2.24, 2.45) is 0 Å². The summed E-state index contributed by atoms with van der Waals surface area (Å²) in [5, 5.41) is 8.96. The zero-order valence-corrected chi connectivity index (χ0v) is 13.9. The smallest absolute Gasteiger partial charge is 0.332 e. The van der Waals surface area contributed by atoms with Gasteiger partial charge < -0.3 is 14.6 Å². The number of carbonyl (C=O) groups is 2. The molecule has 1 N–H and O–H groups in total. The van der Waals surface area contributed by atoms with Crippen LogP contribution in [0.5, 0.6) is 0 Å². The van der Waals surface area contributed by atoms with Crippen molar-refractivity contribution >= 4 is 11.9 Å². The third kappa shape index (κ3) is 6.54. The largest absolute Gasteiger partial charge is 0.481 e. The molecule has 1 aromatic rings. The van der Waals surface area contributed by atoms with E-state index < -0.39 is 17.5 Å². The van der Waals surface area contributed by atoms with E-state index >= 15 is 0 Å². The van der Waals surface area contributed by atoms with Crippen molar-refractivity contribution in [1.82, 2.24) is 0 Å². The van der Waals surface area contributed by atoms with Gasteiger partial charge in [-0.05, 0) is 50.5 Å². The van der Waals surface area contributed by atoms with Gasteiger partial charge in [0.15, 0.2) is 0 Å². The molecule has 0 aliphatic heterocycles. The van der Waals surface area contributed by atoms with Crippen molar-refractivity contribution in [3.63, 3.8) is 0 Å². The number of rotatable bonds is 6. The molecule has 0 unspecified atom stereocenters. The molecule has 0 aliphatic rings. The number of benzene rings is 1. The minimum absolute atomic E-state index is 0.111. The summed E-state index contributed by atoms with van der Waals surface area (Å²) < 4.78 is 10.5. The number of esters is 1. The fourth-order valence-electron chi connectivity index (χ4n) is 2.04. The number of aliphatic carboxylic acids is 1. The van der Waals surface area contributed by atoms with Gasteiger partial charge in [0, 0.05) is 5.56 Å². The van der Waals surface area contributed by atoms with E-state index in [0.717, 1.165) is 11.1 Å². The molecule has 0 saturated heterocycles. The van der Waals surface area contributed by atoms with E-state index in [4.69, 9.17) is 21.0 Å². The van der Waals surface area contributed by atoms with Gasteiger partial charge in [0.1, 0.15) is 12.2 Å². The van der Waals surface area contributed by atoms with Crippen LogP contribution in [0.1, 0.15) is 43.0 Å². The van der Waals surface area contributed by atoms with Gasteiger partial charge in [-0.1, -0.05) is 12.0 Å². The van der Waals surface area contributed by atoms with Crippen molar-refractivity contribution in [2.75, 3.05) is 6.61 Å². The average Bonchev–Trinajstić information content (AvgIpc) is 2.39. The molecule has 23 heavy (non-hydrogen) atoms. The average molecular weight is 318 g/mol. The maximum Gasteiger partial charge on any atom is 0.332 e. The second-order valence-electron chi connectivity index (χ2n) is 6.22. The minimum atomic E-state index is -0.928. The van der Waals surface area contributed by atoms with Crippen LogP contribution in [0.2, 0.25) is 0 Å². The van der Waals surface area contributed by atoms with Crippen LogP contribution < -0.4 is 0 Å². The molecule has 0 spiro atoms. The van der Waals surface area contributed by atoms with Gasteiger partial charge in [-0.15, -0.1) is 6.42 Å². The normalized spacial score (nSPS) is 10.9. The standard InChI is InChI=1S/C18H22O5/c1-6-14-7-13(8-15(12(14)2)9-16(19)20)10-22-11-17(21)23-18(3,4)5/h1,7-8H,9-11H2,2-5H3,(H,19,20). The van der Waals surface area contributed by atoms with Crippen LogP contribution in [-0.4, -0.2) is 29.3 Å². The Kier molecular flexibility index (Phi) is 6.35. The third-order valence-electron chi connectivity index (χ3n) is 2.98. The molecule has 0 heterocycles. The molecule has 124 valence electrons. The van der Waals surface area contributed by atoms with Crippen LogP contribution in [0.4, 0.5) is 0 Å². The van der Waals surface area contributed by atoms with Crippen LogP contribution in [-0.2, 0) is 32.1 Å². The maximum atomic E-state index is 11.6. The molecule has 5 nitrogen and oxygen atoms in total. The highest BCUT2D eigenvalue weighted by Gasteiger charge is 2.16. The van der Waals surface area contributed by atoms with Crippen LogP contribution in [0.3, 0.4) is 0 Å². The third-order valence-corrected chi connectivity index (χ3v) is 2.98. The Morgan fingerprint density at radius 2 is 1.96 bits per heavy atom. The molecule has 0 atom stereocenters. The lowest BCUT2D eigenvalue weighted by atomic mass is 9.97. The molecular weight excluding hydrogens is 296 g/mol. The summed E-state index contributed by atoms with van der Waals surface area (Å²) in [4.78, 5) is 22.5. The monoisotopic (exact) mass is 318 g/mol. The number of carboxylic acid groups (broad SMARTS) is 1. The van der Waals surface area contributed by atoms with E-state index in [2.05, 4.69) is 5.92 Å². The first-order chi connectivity index (χ1) is 10.6. The van der Waals surface area contributed by atoms with E-state index in [1.54, 1.807) is 39.8 Å². The predicted molar refractivity (Wildman–Crippen MR) is 86.0 cm³/mol. The van der Waals surface area contributed by atoms with Gasteiger partial charge in [0.2, 0.25) is 0 Å². The van der Waals surface area contributed by atoms with Crippen molar-refractivity contribution in [1.29, 1.82) is 0 Å². The molecule has 0 aliphatic carbocycles. The Labute approximate surface area is 136 Å². The van der Waals surface area contributed by atoms with E-state index in [0.29, 0.717) is 11.1 Å². The van der Waals surface area contributed by atoms with Gasteiger partial charge in [0.25, 0.3) is 0 Å². The van der Waals surface area contributed by atoms with Crippen LogP contribution >= 0.6 is 0 Å². The molecule has 1 aromatic carbocycles. The summed E-state index contributed by atoms with van der Waals surface area (Å²) in [5.74, 6) is 1.16. The second-order valence-corrected chi connectivity index (χ2v) is 6.22. The first-order valence-electron chi connectivity index (χ1n) is 7.23. The highest BCUT2D eigenvalue weighted by atomic mass is 16.6. The van der Waals surface area contributed by atoms with E-state index in [1.165, 1.54) is 0 Å². The predicted octanol–water partition coefficient (Wildman–Crippen LogP) is 2.46. The summed E-state index contributed by atoms with van der Waals surface area (Å²) >= 11 is 0. The van der Waals surface area contributed by atoms with Crippen molar-refractivity contribution in [3.05, 3.63) is 34.4 Å². The molecule has 0 aromatic heterocycles. The topological polar surface area (TPSA) is 72.8 Å². The molecule has 0 fully saturated rings. The van der Waals surface area contributed by atoms with Crippen LogP contribution in [0.25, 0.3) is 0 Å². The second kappa shape index (κ2) is 7.80. The van der Waals surface area contributed by atoms with E-state index in [9.17, 15) is 9.59 Å². The number of ether oxygens (including phenoxy) is 2. The lowest BCUT2D eigenvalue weighted by Crippen LogP contribution is -2.26. The number of hydrogen-bond acceptors (Lipinski definition) is 4. The summed E-state index contributed by atoms with van der Waals surface area (Å²) in [6, 6.07) is 3.50. The maximum absolute atomic E-state index is 11.6. The van der Waals surface area contributed by atoms with Gasteiger partial charge >= 0.3 is 11.9 Å². The zero-order valence-electron chi connectivity index (χ0n) is 13.9. The Balaban J connectivity index is 2.75. The number of carboxylic acids is 1. The molecule has 1 rings (SSSR count). The molecule has 0 bridgehead atoms.